The van der Waals surface area contributed by atoms with Crippen molar-refractivity contribution in [1.29, 1.82) is 0 Å². The molecule has 0 saturated carbocycles. The van der Waals surface area contributed by atoms with Crippen molar-refractivity contribution in [3.63, 3.8) is 0 Å². The Morgan fingerprint density at radius 1 is 1.15 bits per heavy atom. The third-order valence-electron chi connectivity index (χ3n) is 4.09. The number of aromatic amines is 1. The number of carbonyl (C=O) groups is 1. The van der Waals surface area contributed by atoms with Crippen LogP contribution in [0, 0.1) is 13.8 Å². The van der Waals surface area contributed by atoms with Crippen molar-refractivity contribution < 1.29 is 14.3 Å². The van der Waals surface area contributed by atoms with Gasteiger partial charge >= 0.3 is 5.97 Å². The van der Waals surface area contributed by atoms with Gasteiger partial charge in [0.05, 0.1) is 30.2 Å². The van der Waals surface area contributed by atoms with E-state index in [0.717, 1.165) is 39.0 Å². The molecule has 26 heavy (non-hydrogen) atoms. The molecule has 0 aliphatic rings. The third kappa shape index (κ3) is 3.51. The summed E-state index contributed by atoms with van der Waals surface area (Å²) in [5.74, 6) is 0.551. The summed E-state index contributed by atoms with van der Waals surface area (Å²) in [6.45, 7) is 8.57. The number of H-pyrrole nitrogens is 1. The standard InChI is InChI=1S/C20H22N2O3S/c1-5-24-15-9-7-14(8-10-15)19-22-16(11-26-19)18-12(3)17(13(4)21-18)20(23)25-6-2/h7-11,21H,5-6H2,1-4H3. The van der Waals surface area contributed by atoms with Crippen LogP contribution in [0.15, 0.2) is 29.6 Å². The van der Waals surface area contributed by atoms with Crippen LogP contribution in [0.2, 0.25) is 0 Å². The number of nitrogens with zero attached hydrogens (tertiary/aromatic N) is 1. The Labute approximate surface area is 157 Å². The summed E-state index contributed by atoms with van der Waals surface area (Å²) >= 11 is 1.57. The number of thiazole rings is 1. The second-order valence-electron chi connectivity index (χ2n) is 5.84. The van der Waals surface area contributed by atoms with Gasteiger partial charge in [-0.2, -0.15) is 0 Å². The number of benzene rings is 1. The largest absolute Gasteiger partial charge is 0.494 e. The minimum absolute atomic E-state index is 0.299. The van der Waals surface area contributed by atoms with Crippen molar-refractivity contribution in [1.82, 2.24) is 9.97 Å². The van der Waals surface area contributed by atoms with Gasteiger partial charge in [0.25, 0.3) is 0 Å². The molecule has 0 aliphatic heterocycles. The van der Waals surface area contributed by atoms with Gasteiger partial charge in [0, 0.05) is 16.6 Å². The summed E-state index contributed by atoms with van der Waals surface area (Å²) in [6, 6.07) is 7.90. The van der Waals surface area contributed by atoms with Gasteiger partial charge in [-0.25, -0.2) is 9.78 Å². The highest BCUT2D eigenvalue weighted by atomic mass is 32.1. The molecule has 0 amide bonds. The van der Waals surface area contributed by atoms with Crippen LogP contribution < -0.4 is 4.74 Å². The van der Waals surface area contributed by atoms with E-state index in [2.05, 4.69) is 4.98 Å². The molecule has 0 atom stereocenters. The van der Waals surface area contributed by atoms with Gasteiger partial charge in [-0.05, 0) is 57.5 Å². The van der Waals surface area contributed by atoms with Crippen LogP contribution in [0.1, 0.15) is 35.5 Å². The molecule has 1 aromatic carbocycles. The number of carbonyl (C=O) groups excluding carboxylic acids is 1. The predicted molar refractivity (Wildman–Crippen MR) is 104 cm³/mol. The minimum atomic E-state index is -0.299. The molecule has 0 fully saturated rings. The average Bonchev–Trinajstić information content (AvgIpc) is 3.21. The smallest absolute Gasteiger partial charge is 0.340 e. The van der Waals surface area contributed by atoms with Gasteiger partial charge < -0.3 is 14.5 Å². The zero-order chi connectivity index (χ0) is 18.7. The second-order valence-corrected chi connectivity index (χ2v) is 6.70. The van der Waals surface area contributed by atoms with Crippen molar-refractivity contribution in [2.75, 3.05) is 13.2 Å². The first kappa shape index (κ1) is 18.2. The molecule has 2 heterocycles. The van der Waals surface area contributed by atoms with Gasteiger partial charge in [-0.3, -0.25) is 0 Å². The van der Waals surface area contributed by atoms with E-state index in [4.69, 9.17) is 14.5 Å². The summed E-state index contributed by atoms with van der Waals surface area (Å²) in [6.07, 6.45) is 0. The fraction of sp³-hybridized carbons (Fsp3) is 0.300. The Kier molecular flexibility index (Phi) is 5.42. The Bertz CT molecular complexity index is 910. The second kappa shape index (κ2) is 7.74. The van der Waals surface area contributed by atoms with Crippen LogP contribution in [0.4, 0.5) is 0 Å². The number of aryl methyl sites for hydroxylation is 1. The van der Waals surface area contributed by atoms with Crippen LogP contribution in [0.3, 0.4) is 0 Å². The maximum absolute atomic E-state index is 12.2. The van der Waals surface area contributed by atoms with Crippen molar-refractivity contribution in [3.8, 4) is 27.7 Å². The van der Waals surface area contributed by atoms with Gasteiger partial charge in [0.2, 0.25) is 0 Å². The molecule has 2 aromatic heterocycles. The SMILES string of the molecule is CCOC(=O)c1c(C)[nH]c(-c2csc(-c3ccc(OCC)cc3)n2)c1C. The summed E-state index contributed by atoms with van der Waals surface area (Å²) in [5.41, 5.74) is 4.99. The lowest BCUT2D eigenvalue weighted by Gasteiger charge is -2.03. The van der Waals surface area contributed by atoms with Gasteiger partial charge in [-0.1, -0.05) is 0 Å². The van der Waals surface area contributed by atoms with Gasteiger partial charge in [0.15, 0.2) is 0 Å². The van der Waals surface area contributed by atoms with Crippen LogP contribution in [-0.4, -0.2) is 29.2 Å². The first-order valence-corrected chi connectivity index (χ1v) is 9.48. The number of aromatic nitrogens is 2. The molecule has 5 nitrogen and oxygen atoms in total. The first-order valence-electron chi connectivity index (χ1n) is 8.60. The van der Waals surface area contributed by atoms with E-state index in [0.29, 0.717) is 18.8 Å². The fourth-order valence-corrected chi connectivity index (χ4v) is 3.71. The first-order chi connectivity index (χ1) is 12.5. The normalized spacial score (nSPS) is 10.8. The van der Waals surface area contributed by atoms with Gasteiger partial charge in [0.1, 0.15) is 10.8 Å². The van der Waals surface area contributed by atoms with Crippen LogP contribution in [0.5, 0.6) is 5.75 Å². The van der Waals surface area contributed by atoms with E-state index in [9.17, 15) is 4.79 Å². The fourth-order valence-electron chi connectivity index (χ4n) is 2.90. The summed E-state index contributed by atoms with van der Waals surface area (Å²) in [7, 11) is 0. The molecule has 0 unspecified atom stereocenters. The summed E-state index contributed by atoms with van der Waals surface area (Å²) < 4.78 is 10.6. The maximum Gasteiger partial charge on any atom is 0.340 e. The lowest BCUT2D eigenvalue weighted by molar-refractivity contribution is 0.0525. The molecule has 3 rings (SSSR count). The van der Waals surface area contributed by atoms with E-state index in [-0.39, 0.29) is 5.97 Å². The topological polar surface area (TPSA) is 64.2 Å². The van der Waals surface area contributed by atoms with E-state index in [1.165, 1.54) is 0 Å². The number of rotatable bonds is 6. The zero-order valence-electron chi connectivity index (χ0n) is 15.4. The molecule has 0 aliphatic carbocycles. The molecule has 6 heteroatoms. The predicted octanol–water partition coefficient (Wildman–Crippen LogP) is 5.00. The molecule has 3 aromatic rings. The highest BCUT2D eigenvalue weighted by Crippen LogP contribution is 2.33. The number of nitrogens with one attached hydrogen (secondary N) is 1. The molecule has 0 bridgehead atoms. The highest BCUT2D eigenvalue weighted by Gasteiger charge is 2.21. The summed E-state index contributed by atoms with van der Waals surface area (Å²) in [4.78, 5) is 20.2. The van der Waals surface area contributed by atoms with E-state index in [1.807, 2.05) is 50.4 Å². The molecular formula is C20H22N2O3S. The lowest BCUT2D eigenvalue weighted by atomic mass is 10.1. The van der Waals surface area contributed by atoms with Crippen LogP contribution >= 0.6 is 11.3 Å². The van der Waals surface area contributed by atoms with Crippen molar-refractivity contribution in [3.05, 3.63) is 46.5 Å². The molecule has 1 N–H and O–H groups in total. The highest BCUT2D eigenvalue weighted by molar-refractivity contribution is 7.13. The Morgan fingerprint density at radius 2 is 1.88 bits per heavy atom. The van der Waals surface area contributed by atoms with Crippen molar-refractivity contribution in [2.24, 2.45) is 0 Å². The van der Waals surface area contributed by atoms with Crippen LogP contribution in [-0.2, 0) is 4.74 Å². The Balaban J connectivity index is 1.90. The third-order valence-corrected chi connectivity index (χ3v) is 4.98. The average molecular weight is 370 g/mol. The molecular weight excluding hydrogens is 348 g/mol. The number of ether oxygens (including phenoxy) is 2. The van der Waals surface area contributed by atoms with Gasteiger partial charge in [-0.15, -0.1) is 11.3 Å². The number of esters is 1. The maximum atomic E-state index is 12.2. The van der Waals surface area contributed by atoms with Crippen molar-refractivity contribution in [2.45, 2.75) is 27.7 Å². The quantitative estimate of drug-likeness (QED) is 0.620. The molecule has 136 valence electrons. The summed E-state index contributed by atoms with van der Waals surface area (Å²) in [5, 5.41) is 2.92. The molecule has 0 saturated heterocycles. The number of hydrogen-bond donors (Lipinski definition) is 1. The molecule has 0 radical (unpaired) electrons. The minimum Gasteiger partial charge on any atom is -0.494 e. The van der Waals surface area contributed by atoms with Crippen molar-refractivity contribution >= 4 is 17.3 Å². The monoisotopic (exact) mass is 370 g/mol. The van der Waals surface area contributed by atoms with E-state index < -0.39 is 0 Å². The molecule has 0 spiro atoms. The van der Waals surface area contributed by atoms with E-state index >= 15 is 0 Å². The zero-order valence-corrected chi connectivity index (χ0v) is 16.2. The lowest BCUT2D eigenvalue weighted by Crippen LogP contribution is -2.06. The number of hydrogen-bond acceptors (Lipinski definition) is 5. The van der Waals surface area contributed by atoms with E-state index in [1.54, 1.807) is 18.3 Å². The van der Waals surface area contributed by atoms with Crippen LogP contribution in [0.25, 0.3) is 22.0 Å². The Hall–Kier alpha value is -2.60. The Morgan fingerprint density at radius 3 is 2.54 bits per heavy atom.